The molecular weight excluding hydrogens is 517 g/mol. The minimum atomic E-state index is -4.27. The highest BCUT2D eigenvalue weighted by molar-refractivity contribution is 7.45. The summed E-state index contributed by atoms with van der Waals surface area (Å²) in [6, 6.07) is 0. The predicted octanol–water partition coefficient (Wildman–Crippen LogP) is 8.32. The first-order valence-electron chi connectivity index (χ1n) is 17.0. The molecule has 11 atom stereocenters. The van der Waals surface area contributed by atoms with E-state index in [2.05, 4.69) is 41.5 Å². The zero-order valence-corrected chi connectivity index (χ0v) is 28.5. The number of hydrogen-bond acceptors (Lipinski definition) is 4. The third-order valence-electron chi connectivity index (χ3n) is 13.1. The molecule has 0 N–H and O–H groups in total. The van der Waals surface area contributed by atoms with Gasteiger partial charge in [-0.05, 0) is 122 Å². The summed E-state index contributed by atoms with van der Waals surface area (Å²) >= 11 is 0. The van der Waals surface area contributed by atoms with Crippen molar-refractivity contribution in [2.24, 2.45) is 58.2 Å². The van der Waals surface area contributed by atoms with Gasteiger partial charge in [-0.3, -0.25) is 4.57 Å². The first-order chi connectivity index (χ1) is 18.6. The van der Waals surface area contributed by atoms with Gasteiger partial charge in [0, 0.05) is 0 Å². The van der Waals surface area contributed by atoms with Gasteiger partial charge in [-0.1, -0.05) is 54.4 Å². The maximum absolute atomic E-state index is 12.6. The number of phosphoric ester groups is 1. The van der Waals surface area contributed by atoms with Crippen LogP contribution in [0.3, 0.4) is 0 Å². The van der Waals surface area contributed by atoms with Gasteiger partial charge in [0.05, 0.1) is 27.2 Å². The molecule has 4 aliphatic rings. The van der Waals surface area contributed by atoms with Crippen molar-refractivity contribution in [1.82, 2.24) is 0 Å². The third kappa shape index (κ3) is 7.06. The minimum absolute atomic E-state index is 0.179. The highest BCUT2D eigenvalue weighted by Crippen LogP contribution is 2.68. The van der Waals surface area contributed by atoms with Crippen molar-refractivity contribution in [3.8, 4) is 0 Å². The Balaban J connectivity index is 1.35. The van der Waals surface area contributed by atoms with Crippen molar-refractivity contribution in [3.05, 3.63) is 0 Å². The lowest BCUT2D eigenvalue weighted by Crippen LogP contribution is -2.54. The van der Waals surface area contributed by atoms with Crippen LogP contribution in [0.4, 0.5) is 0 Å². The summed E-state index contributed by atoms with van der Waals surface area (Å²) in [6.07, 6.45) is 14.9. The molecule has 0 heterocycles. The number of likely N-dealkylation sites (N-methyl/N-ethyl adjacent to an activating group) is 1. The van der Waals surface area contributed by atoms with Crippen LogP contribution in [-0.2, 0) is 13.6 Å². The normalized spacial score (nSPS) is 41.1. The van der Waals surface area contributed by atoms with E-state index >= 15 is 0 Å². The minimum Gasteiger partial charge on any atom is -0.756 e. The van der Waals surface area contributed by atoms with E-state index in [1.807, 2.05) is 21.1 Å². The lowest BCUT2D eigenvalue weighted by atomic mass is 9.44. The van der Waals surface area contributed by atoms with Crippen LogP contribution in [-0.4, -0.2) is 44.9 Å². The van der Waals surface area contributed by atoms with E-state index in [4.69, 9.17) is 9.05 Å². The van der Waals surface area contributed by atoms with Gasteiger partial charge in [0.15, 0.2) is 0 Å². The van der Waals surface area contributed by atoms with Gasteiger partial charge in [-0.25, -0.2) is 0 Å². The number of rotatable bonds is 12. The summed E-state index contributed by atoms with van der Waals surface area (Å²) in [5.41, 5.74) is 0.846. The zero-order chi connectivity index (χ0) is 29.5. The second-order valence-electron chi connectivity index (χ2n) is 16.6. The average Bonchev–Trinajstić information content (AvgIpc) is 3.20. The SMILES string of the molecule is CC[C@H](CC[C@@H](C)[C@H]1CC[C@H]2[C@@H]3CC[C@H]4C[C@@H](OP(=O)([O-])OCC[N+](C)(C)C)CC[C@]4(C)[C@H]3CC[C@]12C)C(C)C. The molecule has 40 heavy (non-hydrogen) atoms. The average molecular weight is 582 g/mol. The molecule has 0 amide bonds. The van der Waals surface area contributed by atoms with E-state index in [0.29, 0.717) is 27.8 Å². The molecule has 4 saturated carbocycles. The van der Waals surface area contributed by atoms with Gasteiger partial charge >= 0.3 is 0 Å². The van der Waals surface area contributed by atoms with E-state index in [0.717, 1.165) is 60.7 Å². The van der Waals surface area contributed by atoms with Crippen LogP contribution in [0.1, 0.15) is 119 Å². The van der Waals surface area contributed by atoms with Crippen LogP contribution in [0.25, 0.3) is 0 Å². The van der Waals surface area contributed by atoms with Crippen molar-refractivity contribution in [3.63, 3.8) is 0 Å². The first-order valence-corrected chi connectivity index (χ1v) is 18.5. The largest absolute Gasteiger partial charge is 0.756 e. The summed E-state index contributed by atoms with van der Waals surface area (Å²) in [5.74, 6) is 6.52. The Labute approximate surface area is 247 Å². The maximum Gasteiger partial charge on any atom is 0.268 e. The Morgan fingerprint density at radius 1 is 0.925 bits per heavy atom. The van der Waals surface area contributed by atoms with Crippen LogP contribution in [0.15, 0.2) is 0 Å². The molecule has 5 nitrogen and oxygen atoms in total. The Bertz CT molecular complexity index is 888. The fourth-order valence-electron chi connectivity index (χ4n) is 10.6. The van der Waals surface area contributed by atoms with E-state index in [-0.39, 0.29) is 12.7 Å². The van der Waals surface area contributed by atoms with Gasteiger partial charge in [0.25, 0.3) is 7.82 Å². The number of nitrogens with zero attached hydrogens (tertiary/aromatic N) is 1. The number of quaternary nitrogens is 1. The van der Waals surface area contributed by atoms with Crippen LogP contribution in [0.5, 0.6) is 0 Å². The van der Waals surface area contributed by atoms with Gasteiger partial charge in [-0.2, -0.15) is 0 Å². The maximum atomic E-state index is 12.6. The molecule has 234 valence electrons. The lowest BCUT2D eigenvalue weighted by Gasteiger charge is -2.61. The molecule has 0 bridgehead atoms. The molecule has 0 saturated heterocycles. The van der Waals surface area contributed by atoms with Crippen LogP contribution in [0, 0.1) is 58.2 Å². The molecule has 0 aromatic heterocycles. The Kier molecular flexibility index (Phi) is 10.4. The summed E-state index contributed by atoms with van der Waals surface area (Å²) in [4.78, 5) is 12.6. The number of phosphoric acid groups is 1. The van der Waals surface area contributed by atoms with Gasteiger partial charge < -0.3 is 18.4 Å². The van der Waals surface area contributed by atoms with E-state index in [1.54, 1.807) is 0 Å². The van der Waals surface area contributed by atoms with Crippen LogP contribution >= 0.6 is 7.82 Å². The topological polar surface area (TPSA) is 58.6 Å². The highest BCUT2D eigenvalue weighted by Gasteiger charge is 2.60. The van der Waals surface area contributed by atoms with E-state index < -0.39 is 7.82 Å². The Hall–Kier alpha value is 0.0700. The fourth-order valence-corrected chi connectivity index (χ4v) is 11.5. The molecule has 0 aromatic rings. The molecule has 4 fully saturated rings. The summed E-state index contributed by atoms with van der Waals surface area (Å²) in [6.45, 7) is 15.8. The molecule has 6 heteroatoms. The van der Waals surface area contributed by atoms with Gasteiger partial charge in [0.1, 0.15) is 13.2 Å². The quantitative estimate of drug-likeness (QED) is 0.172. The second kappa shape index (κ2) is 12.6. The fraction of sp³-hybridized carbons (Fsp3) is 1.00. The zero-order valence-electron chi connectivity index (χ0n) is 27.6. The van der Waals surface area contributed by atoms with E-state index in [1.165, 1.54) is 57.8 Å². The molecular formula is C34H64NO4P. The van der Waals surface area contributed by atoms with Crippen molar-refractivity contribution in [2.45, 2.75) is 125 Å². The van der Waals surface area contributed by atoms with E-state index in [9.17, 15) is 9.46 Å². The molecule has 0 aliphatic heterocycles. The van der Waals surface area contributed by atoms with Crippen molar-refractivity contribution < 1.29 is 23.0 Å². The van der Waals surface area contributed by atoms with Crippen molar-refractivity contribution in [2.75, 3.05) is 34.3 Å². The van der Waals surface area contributed by atoms with Crippen molar-refractivity contribution in [1.29, 1.82) is 0 Å². The molecule has 4 aliphatic carbocycles. The smallest absolute Gasteiger partial charge is 0.268 e. The summed E-state index contributed by atoms with van der Waals surface area (Å²) in [5, 5.41) is 0. The Morgan fingerprint density at radius 3 is 2.25 bits per heavy atom. The molecule has 0 aromatic carbocycles. The lowest BCUT2D eigenvalue weighted by molar-refractivity contribution is -0.870. The number of hydrogen-bond donors (Lipinski definition) is 0. The highest BCUT2D eigenvalue weighted by atomic mass is 31.2. The predicted molar refractivity (Wildman–Crippen MR) is 164 cm³/mol. The molecule has 4 rings (SSSR count). The second-order valence-corrected chi connectivity index (χ2v) is 18.0. The first kappa shape index (κ1) is 33.0. The number of fused-ring (bicyclic) bond motifs is 5. The third-order valence-corrected chi connectivity index (χ3v) is 14.2. The molecule has 1 unspecified atom stereocenters. The standard InChI is InChI=1S/C34H64NO4P/c1-10-26(24(2)3)12-11-25(4)30-15-16-31-29-14-13-27-23-28(39-40(36,37)38-22-21-35(7,8)9)17-19-33(27,5)32(29)18-20-34(30,31)6/h24-32H,10-23H2,1-9H3/t25-,26-,27+,28+,29+,30-,31+,32+,33+,34-/m1/s1. The molecule has 0 spiro atoms. The van der Waals surface area contributed by atoms with Gasteiger partial charge in [-0.15, -0.1) is 0 Å². The monoisotopic (exact) mass is 581 g/mol. The summed E-state index contributed by atoms with van der Waals surface area (Å²) in [7, 11) is 1.84. The molecule has 0 radical (unpaired) electrons. The Morgan fingerprint density at radius 2 is 1.60 bits per heavy atom. The summed E-state index contributed by atoms with van der Waals surface area (Å²) < 4.78 is 24.2. The van der Waals surface area contributed by atoms with Crippen molar-refractivity contribution >= 4 is 7.82 Å². The van der Waals surface area contributed by atoms with Crippen LogP contribution < -0.4 is 4.89 Å². The van der Waals surface area contributed by atoms with Crippen LogP contribution in [0.2, 0.25) is 0 Å². The van der Waals surface area contributed by atoms with Gasteiger partial charge in [0.2, 0.25) is 0 Å².